The van der Waals surface area contributed by atoms with Gasteiger partial charge in [0.05, 0.1) is 0 Å². The minimum atomic E-state index is 0.233. The molecule has 1 unspecified atom stereocenters. The van der Waals surface area contributed by atoms with E-state index in [2.05, 4.69) is 67.8 Å². The van der Waals surface area contributed by atoms with E-state index >= 15 is 0 Å². The van der Waals surface area contributed by atoms with Crippen LogP contribution in [-0.4, -0.2) is 0 Å². The fourth-order valence-corrected chi connectivity index (χ4v) is 2.75. The van der Waals surface area contributed by atoms with Gasteiger partial charge in [0.15, 0.2) is 0 Å². The van der Waals surface area contributed by atoms with Crippen molar-refractivity contribution in [1.29, 1.82) is 0 Å². The Morgan fingerprint density at radius 2 is 1.42 bits per heavy atom. The van der Waals surface area contributed by atoms with Gasteiger partial charge in [-0.3, -0.25) is 0 Å². The van der Waals surface area contributed by atoms with Gasteiger partial charge < -0.3 is 0 Å². The third-order valence-corrected chi connectivity index (χ3v) is 3.68. The van der Waals surface area contributed by atoms with Crippen LogP contribution in [0.3, 0.4) is 0 Å². The van der Waals surface area contributed by atoms with Gasteiger partial charge >= 0.3 is 0 Å². The van der Waals surface area contributed by atoms with Gasteiger partial charge in [0, 0.05) is 5.92 Å². The number of rotatable bonds is 2. The van der Waals surface area contributed by atoms with Gasteiger partial charge in [-0.05, 0) is 27.8 Å². The van der Waals surface area contributed by atoms with Crippen LogP contribution in [0.4, 0.5) is 0 Å². The molecular formula is C19H16. The summed E-state index contributed by atoms with van der Waals surface area (Å²) in [7, 11) is 0. The normalized spacial score (nSPS) is 16.6. The molecule has 0 fully saturated rings. The summed E-state index contributed by atoms with van der Waals surface area (Å²) in [6.07, 6.45) is 6.17. The summed E-state index contributed by atoms with van der Waals surface area (Å²) in [5.41, 5.74) is 6.29. The van der Waals surface area contributed by atoms with Gasteiger partial charge in [0.1, 0.15) is 0 Å². The van der Waals surface area contributed by atoms with Gasteiger partial charge in [0.2, 0.25) is 0 Å². The zero-order chi connectivity index (χ0) is 13.2. The third-order valence-electron chi connectivity index (χ3n) is 3.68. The molecule has 1 aliphatic carbocycles. The second-order valence-corrected chi connectivity index (χ2v) is 4.72. The lowest BCUT2D eigenvalue weighted by Gasteiger charge is -2.12. The highest BCUT2D eigenvalue weighted by Crippen LogP contribution is 2.40. The van der Waals surface area contributed by atoms with Crippen LogP contribution in [0.5, 0.6) is 0 Å². The van der Waals surface area contributed by atoms with E-state index in [1.54, 1.807) is 0 Å². The molecule has 0 heteroatoms. The Labute approximate surface area is 114 Å². The van der Waals surface area contributed by atoms with Gasteiger partial charge in [0.25, 0.3) is 0 Å². The van der Waals surface area contributed by atoms with Crippen LogP contribution >= 0.6 is 0 Å². The van der Waals surface area contributed by atoms with Crippen molar-refractivity contribution in [3.05, 3.63) is 91.0 Å². The van der Waals surface area contributed by atoms with Gasteiger partial charge in [-0.25, -0.2) is 0 Å². The van der Waals surface area contributed by atoms with Gasteiger partial charge in [-0.2, -0.15) is 0 Å². The Morgan fingerprint density at radius 3 is 2.11 bits per heavy atom. The number of fused-ring (bicyclic) bond motifs is 3. The summed E-state index contributed by atoms with van der Waals surface area (Å²) < 4.78 is 0. The second-order valence-electron chi connectivity index (χ2n) is 4.72. The van der Waals surface area contributed by atoms with Gasteiger partial charge in [-0.1, -0.05) is 73.3 Å². The lowest BCUT2D eigenvalue weighted by Crippen LogP contribution is -1.92. The Bertz CT molecular complexity index is 674. The zero-order valence-corrected chi connectivity index (χ0v) is 10.8. The van der Waals surface area contributed by atoms with Crippen LogP contribution in [0.15, 0.2) is 79.9 Å². The summed E-state index contributed by atoms with van der Waals surface area (Å²) in [6, 6.07) is 17.0. The SMILES string of the molecule is C=CC1=CC(C=C)c2ccccc2-c2ccccc21. The fourth-order valence-electron chi connectivity index (χ4n) is 2.75. The number of hydrogen-bond acceptors (Lipinski definition) is 0. The first-order chi connectivity index (χ1) is 9.35. The van der Waals surface area contributed by atoms with Crippen molar-refractivity contribution in [2.24, 2.45) is 0 Å². The molecule has 19 heavy (non-hydrogen) atoms. The summed E-state index contributed by atoms with van der Waals surface area (Å²) >= 11 is 0. The van der Waals surface area contributed by atoms with E-state index in [1.165, 1.54) is 27.8 Å². The van der Waals surface area contributed by atoms with Crippen molar-refractivity contribution in [2.45, 2.75) is 5.92 Å². The summed E-state index contributed by atoms with van der Waals surface area (Å²) in [5.74, 6) is 0.233. The summed E-state index contributed by atoms with van der Waals surface area (Å²) in [5, 5.41) is 0. The first kappa shape index (κ1) is 11.7. The molecule has 92 valence electrons. The van der Waals surface area contributed by atoms with Crippen LogP contribution < -0.4 is 0 Å². The molecule has 1 aliphatic rings. The molecule has 2 aromatic rings. The van der Waals surface area contributed by atoms with Crippen molar-refractivity contribution in [3.8, 4) is 11.1 Å². The number of hydrogen-bond donors (Lipinski definition) is 0. The molecule has 1 atom stereocenters. The van der Waals surface area contributed by atoms with Crippen LogP contribution in [0, 0.1) is 0 Å². The number of allylic oxidation sites excluding steroid dienone is 4. The van der Waals surface area contributed by atoms with Crippen molar-refractivity contribution >= 4 is 5.57 Å². The largest absolute Gasteiger partial charge is 0.102 e. The maximum Gasteiger partial charge on any atom is 0.0211 e. The van der Waals surface area contributed by atoms with Crippen molar-refractivity contribution < 1.29 is 0 Å². The van der Waals surface area contributed by atoms with Gasteiger partial charge in [-0.15, -0.1) is 6.58 Å². The molecule has 0 aromatic heterocycles. The van der Waals surface area contributed by atoms with Crippen molar-refractivity contribution in [2.75, 3.05) is 0 Å². The van der Waals surface area contributed by atoms with Crippen molar-refractivity contribution in [1.82, 2.24) is 0 Å². The van der Waals surface area contributed by atoms with Crippen LogP contribution in [-0.2, 0) is 0 Å². The molecule has 2 aromatic carbocycles. The third kappa shape index (κ3) is 1.86. The smallest absolute Gasteiger partial charge is 0.0211 e. The second kappa shape index (κ2) is 4.74. The minimum absolute atomic E-state index is 0.233. The van der Waals surface area contributed by atoms with E-state index < -0.39 is 0 Å². The molecule has 0 saturated carbocycles. The average Bonchev–Trinajstić information content (AvgIpc) is 2.62. The molecule has 0 N–H and O–H groups in total. The standard InChI is InChI=1S/C19H16/c1-3-14-13-15(4-2)17-10-6-8-12-19(17)18-11-7-5-9-16(14)18/h3-14H,1-2H2. The topological polar surface area (TPSA) is 0 Å². The van der Waals surface area contributed by atoms with Crippen LogP contribution in [0.2, 0.25) is 0 Å². The highest BCUT2D eigenvalue weighted by Gasteiger charge is 2.18. The maximum atomic E-state index is 3.98. The molecule has 0 bridgehead atoms. The molecule has 0 radical (unpaired) electrons. The monoisotopic (exact) mass is 244 g/mol. The zero-order valence-electron chi connectivity index (χ0n) is 10.8. The molecule has 0 nitrogen and oxygen atoms in total. The average molecular weight is 244 g/mol. The van der Waals surface area contributed by atoms with E-state index in [0.717, 1.165) is 0 Å². The van der Waals surface area contributed by atoms with E-state index in [9.17, 15) is 0 Å². The Morgan fingerprint density at radius 1 is 0.789 bits per heavy atom. The Hall–Kier alpha value is -2.34. The van der Waals surface area contributed by atoms with E-state index in [1.807, 2.05) is 12.2 Å². The highest BCUT2D eigenvalue weighted by molar-refractivity contribution is 5.89. The Kier molecular flexibility index (Phi) is 2.92. The highest BCUT2D eigenvalue weighted by atomic mass is 14.2. The first-order valence-electron chi connectivity index (χ1n) is 6.50. The van der Waals surface area contributed by atoms with E-state index in [-0.39, 0.29) is 5.92 Å². The van der Waals surface area contributed by atoms with E-state index in [4.69, 9.17) is 0 Å². The maximum absolute atomic E-state index is 3.98. The molecular weight excluding hydrogens is 228 g/mol. The molecule has 0 saturated heterocycles. The van der Waals surface area contributed by atoms with E-state index in [0.29, 0.717) is 0 Å². The Balaban J connectivity index is 2.39. The molecule has 0 heterocycles. The first-order valence-corrected chi connectivity index (χ1v) is 6.50. The molecule has 0 amide bonds. The summed E-state index contributed by atoms with van der Waals surface area (Å²) in [6.45, 7) is 7.93. The predicted molar refractivity (Wildman–Crippen MR) is 83.0 cm³/mol. The minimum Gasteiger partial charge on any atom is -0.102 e. The van der Waals surface area contributed by atoms with Crippen LogP contribution in [0.1, 0.15) is 17.0 Å². The van der Waals surface area contributed by atoms with Crippen molar-refractivity contribution in [3.63, 3.8) is 0 Å². The predicted octanol–water partition coefficient (Wildman–Crippen LogP) is 5.21. The fraction of sp³-hybridized carbons (Fsp3) is 0.0526. The van der Waals surface area contributed by atoms with Crippen LogP contribution in [0.25, 0.3) is 16.7 Å². The summed E-state index contributed by atoms with van der Waals surface area (Å²) in [4.78, 5) is 0. The quantitative estimate of drug-likeness (QED) is 0.636. The molecule has 0 spiro atoms. The lowest BCUT2D eigenvalue weighted by molar-refractivity contribution is 1.10. The lowest BCUT2D eigenvalue weighted by atomic mass is 9.92. The number of benzene rings is 2. The molecule has 3 rings (SSSR count). The molecule has 0 aliphatic heterocycles.